The Morgan fingerprint density at radius 3 is 2.33 bits per heavy atom. The number of Topliss-reactive ketones (excluding diaryl/α,β-unsaturated/α-hetero) is 1. The minimum Gasteiger partial charge on any atom is -0.486 e. The first kappa shape index (κ1) is 17.2. The number of hydrogen-bond acceptors (Lipinski definition) is 4. The lowest BCUT2D eigenvalue weighted by atomic mass is 9.88. The summed E-state index contributed by atoms with van der Waals surface area (Å²) in [7, 11) is 0. The van der Waals surface area contributed by atoms with E-state index in [9.17, 15) is 9.59 Å². The molecule has 1 aromatic carbocycles. The second-order valence-electron chi connectivity index (χ2n) is 5.76. The predicted molar refractivity (Wildman–Crippen MR) is 81.6 cm³/mol. The molecule has 0 N–H and O–H groups in total. The summed E-state index contributed by atoms with van der Waals surface area (Å²) in [5.41, 5.74) is 2.00. The molecule has 0 aliphatic rings. The molecule has 1 aromatic rings. The molecule has 0 heterocycles. The van der Waals surface area contributed by atoms with Crippen molar-refractivity contribution in [2.24, 2.45) is 5.41 Å². The van der Waals surface area contributed by atoms with Gasteiger partial charge in [0.05, 0.1) is 6.61 Å². The van der Waals surface area contributed by atoms with Crippen LogP contribution >= 0.6 is 0 Å². The van der Waals surface area contributed by atoms with Crippen LogP contribution in [0.1, 0.15) is 37.5 Å². The van der Waals surface area contributed by atoms with Gasteiger partial charge in [0.25, 0.3) is 0 Å². The molecule has 0 bridgehead atoms. The van der Waals surface area contributed by atoms with Gasteiger partial charge in [0.1, 0.15) is 17.8 Å². The maximum atomic E-state index is 12.2. The average molecular weight is 292 g/mol. The van der Waals surface area contributed by atoms with Crippen LogP contribution in [0.4, 0.5) is 0 Å². The van der Waals surface area contributed by atoms with Gasteiger partial charge >= 0.3 is 5.97 Å². The van der Waals surface area contributed by atoms with Crippen molar-refractivity contribution in [3.63, 3.8) is 0 Å². The molecular weight excluding hydrogens is 268 g/mol. The Balaban J connectivity index is 2.80. The second-order valence-corrected chi connectivity index (χ2v) is 5.76. The van der Waals surface area contributed by atoms with Gasteiger partial charge in [-0.15, -0.1) is 0 Å². The summed E-state index contributed by atoms with van der Waals surface area (Å²) in [6, 6.07) is 3.96. The van der Waals surface area contributed by atoms with E-state index in [1.165, 1.54) is 0 Å². The fourth-order valence-corrected chi connectivity index (χ4v) is 1.90. The van der Waals surface area contributed by atoms with E-state index < -0.39 is 11.4 Å². The zero-order chi connectivity index (χ0) is 16.2. The molecule has 0 saturated heterocycles. The Hall–Kier alpha value is -1.84. The third kappa shape index (κ3) is 4.06. The van der Waals surface area contributed by atoms with Crippen LogP contribution in [0, 0.1) is 26.2 Å². The average Bonchev–Trinajstić information content (AvgIpc) is 2.40. The summed E-state index contributed by atoms with van der Waals surface area (Å²) in [6.45, 7) is 10.9. The van der Waals surface area contributed by atoms with Gasteiger partial charge in [-0.2, -0.15) is 0 Å². The minimum absolute atomic E-state index is 0.143. The molecule has 0 aromatic heterocycles. The first-order valence-corrected chi connectivity index (χ1v) is 7.11. The quantitative estimate of drug-likeness (QED) is 0.597. The van der Waals surface area contributed by atoms with Gasteiger partial charge < -0.3 is 9.47 Å². The summed E-state index contributed by atoms with van der Waals surface area (Å²) in [5, 5.41) is 0. The standard InChI is InChI=1S/C17H24O4/c1-7-20-16(19)17(5,6)15(18)10-21-14-9-11(2)8-12(3)13(14)4/h8-9H,7,10H2,1-6H3. The van der Waals surface area contributed by atoms with E-state index in [0.29, 0.717) is 5.75 Å². The van der Waals surface area contributed by atoms with Crippen molar-refractivity contribution in [2.45, 2.75) is 41.5 Å². The van der Waals surface area contributed by atoms with Gasteiger partial charge in [-0.25, -0.2) is 0 Å². The lowest BCUT2D eigenvalue weighted by molar-refractivity contribution is -0.158. The van der Waals surface area contributed by atoms with Crippen molar-refractivity contribution in [2.75, 3.05) is 13.2 Å². The Morgan fingerprint density at radius 2 is 1.76 bits per heavy atom. The molecule has 116 valence electrons. The molecule has 0 atom stereocenters. The van der Waals surface area contributed by atoms with E-state index in [4.69, 9.17) is 9.47 Å². The lowest BCUT2D eigenvalue weighted by Gasteiger charge is -2.21. The van der Waals surface area contributed by atoms with Crippen LogP contribution in [0.25, 0.3) is 0 Å². The number of aryl methyl sites for hydroxylation is 2. The topological polar surface area (TPSA) is 52.6 Å². The number of rotatable bonds is 6. The first-order chi connectivity index (χ1) is 9.70. The molecule has 0 amide bonds. The highest BCUT2D eigenvalue weighted by atomic mass is 16.5. The number of benzene rings is 1. The van der Waals surface area contributed by atoms with Crippen LogP contribution in [-0.2, 0) is 14.3 Å². The van der Waals surface area contributed by atoms with E-state index in [1.807, 2.05) is 26.8 Å². The van der Waals surface area contributed by atoms with Crippen LogP contribution < -0.4 is 4.74 Å². The molecule has 0 unspecified atom stereocenters. The third-order valence-corrected chi connectivity index (χ3v) is 3.61. The van der Waals surface area contributed by atoms with Gasteiger partial charge in [-0.3, -0.25) is 9.59 Å². The largest absolute Gasteiger partial charge is 0.486 e. The maximum Gasteiger partial charge on any atom is 0.319 e. The van der Waals surface area contributed by atoms with Gasteiger partial charge in [-0.1, -0.05) is 6.07 Å². The minimum atomic E-state index is -1.19. The van der Waals surface area contributed by atoms with Gasteiger partial charge in [0.15, 0.2) is 5.78 Å². The third-order valence-electron chi connectivity index (χ3n) is 3.61. The summed E-state index contributed by atoms with van der Waals surface area (Å²) < 4.78 is 10.5. The smallest absolute Gasteiger partial charge is 0.319 e. The van der Waals surface area contributed by atoms with Crippen molar-refractivity contribution in [3.8, 4) is 5.75 Å². The summed E-state index contributed by atoms with van der Waals surface area (Å²) in [6.07, 6.45) is 0. The zero-order valence-electron chi connectivity index (χ0n) is 13.7. The van der Waals surface area contributed by atoms with E-state index in [0.717, 1.165) is 16.7 Å². The number of carbonyl (C=O) groups excluding carboxylic acids is 2. The Bertz CT molecular complexity index is 544. The number of ether oxygens (including phenoxy) is 2. The van der Waals surface area contributed by atoms with Crippen molar-refractivity contribution >= 4 is 11.8 Å². The van der Waals surface area contributed by atoms with Crippen LogP contribution in [0.2, 0.25) is 0 Å². The Labute approximate surface area is 126 Å². The predicted octanol–water partition coefficient (Wildman–Crippen LogP) is 3.15. The molecule has 0 aliphatic carbocycles. The first-order valence-electron chi connectivity index (χ1n) is 7.11. The Morgan fingerprint density at radius 1 is 1.14 bits per heavy atom. The number of ketones is 1. The molecule has 0 fully saturated rings. The lowest BCUT2D eigenvalue weighted by Crippen LogP contribution is -2.38. The number of esters is 1. The van der Waals surface area contributed by atoms with E-state index in [1.54, 1.807) is 20.8 Å². The van der Waals surface area contributed by atoms with Crippen molar-refractivity contribution in [3.05, 3.63) is 28.8 Å². The molecule has 4 heteroatoms. The molecule has 0 radical (unpaired) electrons. The van der Waals surface area contributed by atoms with Crippen molar-refractivity contribution < 1.29 is 19.1 Å². The summed E-state index contributed by atoms with van der Waals surface area (Å²) >= 11 is 0. The number of carbonyl (C=O) groups is 2. The fourth-order valence-electron chi connectivity index (χ4n) is 1.90. The maximum absolute atomic E-state index is 12.2. The van der Waals surface area contributed by atoms with E-state index in [2.05, 4.69) is 6.07 Å². The fraction of sp³-hybridized carbons (Fsp3) is 0.529. The molecule has 0 aliphatic heterocycles. The van der Waals surface area contributed by atoms with Crippen LogP contribution in [0.5, 0.6) is 5.75 Å². The van der Waals surface area contributed by atoms with Gasteiger partial charge in [0, 0.05) is 0 Å². The van der Waals surface area contributed by atoms with Crippen molar-refractivity contribution in [1.82, 2.24) is 0 Å². The van der Waals surface area contributed by atoms with Crippen molar-refractivity contribution in [1.29, 1.82) is 0 Å². The zero-order valence-corrected chi connectivity index (χ0v) is 13.7. The molecule has 1 rings (SSSR count). The van der Waals surface area contributed by atoms with E-state index in [-0.39, 0.29) is 19.0 Å². The molecule has 4 nitrogen and oxygen atoms in total. The highest BCUT2D eigenvalue weighted by molar-refractivity contribution is 6.03. The summed E-state index contributed by atoms with van der Waals surface area (Å²) in [5.74, 6) is -0.129. The highest BCUT2D eigenvalue weighted by Crippen LogP contribution is 2.25. The van der Waals surface area contributed by atoms with Gasteiger partial charge in [-0.05, 0) is 64.3 Å². The second kappa shape index (κ2) is 6.74. The van der Waals surface area contributed by atoms with Crippen LogP contribution in [0.3, 0.4) is 0 Å². The van der Waals surface area contributed by atoms with Crippen LogP contribution in [-0.4, -0.2) is 25.0 Å². The number of hydrogen-bond donors (Lipinski definition) is 0. The molecular formula is C17H24O4. The Kier molecular flexibility index (Phi) is 5.53. The summed E-state index contributed by atoms with van der Waals surface area (Å²) in [4.78, 5) is 24.0. The SMILES string of the molecule is CCOC(=O)C(C)(C)C(=O)COc1cc(C)cc(C)c1C. The molecule has 0 spiro atoms. The van der Waals surface area contributed by atoms with Crippen LogP contribution in [0.15, 0.2) is 12.1 Å². The van der Waals surface area contributed by atoms with E-state index >= 15 is 0 Å². The highest BCUT2D eigenvalue weighted by Gasteiger charge is 2.37. The molecule has 21 heavy (non-hydrogen) atoms. The molecule has 0 saturated carbocycles. The monoisotopic (exact) mass is 292 g/mol. The van der Waals surface area contributed by atoms with Gasteiger partial charge in [0.2, 0.25) is 0 Å². The normalized spacial score (nSPS) is 11.1.